The van der Waals surface area contributed by atoms with Gasteiger partial charge in [0.25, 0.3) is 0 Å². The first-order valence-corrected chi connectivity index (χ1v) is 6.16. The van der Waals surface area contributed by atoms with Gasteiger partial charge < -0.3 is 10.2 Å². The average molecular weight is 196 g/mol. The van der Waals surface area contributed by atoms with Crippen LogP contribution in [-0.4, -0.2) is 38.1 Å². The standard InChI is InChI=1S/C12H24N2/c1-10(6-13-2)7-14-8-11-4-3-5-12(11)9-14/h10-13H,3-9H2,1-2H3. The molecule has 0 bridgehead atoms. The maximum Gasteiger partial charge on any atom is 0.00194 e. The van der Waals surface area contributed by atoms with E-state index in [9.17, 15) is 0 Å². The summed E-state index contributed by atoms with van der Waals surface area (Å²) in [5.41, 5.74) is 0. The maximum absolute atomic E-state index is 3.27. The summed E-state index contributed by atoms with van der Waals surface area (Å²) in [7, 11) is 2.05. The highest BCUT2D eigenvalue weighted by molar-refractivity contribution is 4.88. The number of hydrogen-bond acceptors (Lipinski definition) is 2. The largest absolute Gasteiger partial charge is 0.319 e. The van der Waals surface area contributed by atoms with E-state index in [0.717, 1.165) is 24.3 Å². The van der Waals surface area contributed by atoms with Gasteiger partial charge in [0.1, 0.15) is 0 Å². The van der Waals surface area contributed by atoms with Crippen LogP contribution in [-0.2, 0) is 0 Å². The molecule has 0 aromatic carbocycles. The lowest BCUT2D eigenvalue weighted by Gasteiger charge is -2.21. The van der Waals surface area contributed by atoms with Crippen LogP contribution in [0.2, 0.25) is 0 Å². The van der Waals surface area contributed by atoms with Crippen molar-refractivity contribution < 1.29 is 0 Å². The first kappa shape index (κ1) is 10.4. The topological polar surface area (TPSA) is 15.3 Å². The Bertz CT molecular complexity index is 169. The zero-order valence-corrected chi connectivity index (χ0v) is 9.63. The summed E-state index contributed by atoms with van der Waals surface area (Å²) in [6, 6.07) is 0. The molecule has 1 N–H and O–H groups in total. The minimum Gasteiger partial charge on any atom is -0.319 e. The van der Waals surface area contributed by atoms with Gasteiger partial charge in [0.15, 0.2) is 0 Å². The highest BCUT2D eigenvalue weighted by Crippen LogP contribution is 2.37. The zero-order chi connectivity index (χ0) is 9.97. The fraction of sp³-hybridized carbons (Fsp3) is 1.00. The van der Waals surface area contributed by atoms with Crippen molar-refractivity contribution in [3.63, 3.8) is 0 Å². The first-order valence-electron chi connectivity index (χ1n) is 6.16. The summed E-state index contributed by atoms with van der Waals surface area (Å²) in [5, 5.41) is 3.27. The molecule has 0 amide bonds. The second-order valence-electron chi connectivity index (χ2n) is 5.33. The van der Waals surface area contributed by atoms with Crippen LogP contribution in [0, 0.1) is 17.8 Å². The Labute approximate surface area is 88.1 Å². The van der Waals surface area contributed by atoms with Gasteiger partial charge in [-0.2, -0.15) is 0 Å². The summed E-state index contributed by atoms with van der Waals surface area (Å²) in [5.74, 6) is 2.91. The third kappa shape index (κ3) is 2.29. The van der Waals surface area contributed by atoms with E-state index in [-0.39, 0.29) is 0 Å². The summed E-state index contributed by atoms with van der Waals surface area (Å²) in [6.07, 6.45) is 4.50. The van der Waals surface area contributed by atoms with Crippen molar-refractivity contribution in [2.24, 2.45) is 17.8 Å². The van der Waals surface area contributed by atoms with Gasteiger partial charge in [0.2, 0.25) is 0 Å². The molecule has 2 rings (SSSR count). The number of likely N-dealkylation sites (tertiary alicyclic amines) is 1. The van der Waals surface area contributed by atoms with Gasteiger partial charge in [-0.1, -0.05) is 13.3 Å². The van der Waals surface area contributed by atoms with Gasteiger partial charge in [-0.25, -0.2) is 0 Å². The lowest BCUT2D eigenvalue weighted by Crippen LogP contribution is -2.31. The molecule has 0 radical (unpaired) electrons. The Morgan fingerprint density at radius 1 is 1.29 bits per heavy atom. The maximum atomic E-state index is 3.27. The first-order chi connectivity index (χ1) is 6.79. The monoisotopic (exact) mass is 196 g/mol. The molecule has 1 heterocycles. The van der Waals surface area contributed by atoms with Crippen LogP contribution >= 0.6 is 0 Å². The number of rotatable bonds is 4. The third-order valence-corrected chi connectivity index (χ3v) is 3.92. The summed E-state index contributed by atoms with van der Waals surface area (Å²) >= 11 is 0. The molecule has 82 valence electrons. The molecule has 3 unspecified atom stereocenters. The van der Waals surface area contributed by atoms with Gasteiger partial charge in [-0.3, -0.25) is 0 Å². The summed E-state index contributed by atoms with van der Waals surface area (Å²) in [6.45, 7) is 7.59. The Hall–Kier alpha value is -0.0800. The molecule has 1 aliphatic carbocycles. The van der Waals surface area contributed by atoms with Crippen LogP contribution in [0.15, 0.2) is 0 Å². The van der Waals surface area contributed by atoms with Crippen molar-refractivity contribution in [1.29, 1.82) is 0 Å². The van der Waals surface area contributed by atoms with Crippen molar-refractivity contribution in [2.45, 2.75) is 26.2 Å². The molecule has 14 heavy (non-hydrogen) atoms. The lowest BCUT2D eigenvalue weighted by atomic mass is 10.0. The predicted molar refractivity (Wildman–Crippen MR) is 60.4 cm³/mol. The number of hydrogen-bond donors (Lipinski definition) is 1. The molecular formula is C12H24N2. The molecule has 0 spiro atoms. The summed E-state index contributed by atoms with van der Waals surface area (Å²) in [4.78, 5) is 2.69. The van der Waals surface area contributed by atoms with E-state index in [0.29, 0.717) is 0 Å². The molecule has 0 aromatic rings. The quantitative estimate of drug-likeness (QED) is 0.734. The van der Waals surface area contributed by atoms with Gasteiger partial charge in [0.05, 0.1) is 0 Å². The molecule has 1 saturated heterocycles. The molecule has 1 aliphatic heterocycles. The van der Waals surface area contributed by atoms with Crippen LogP contribution in [0.4, 0.5) is 0 Å². The van der Waals surface area contributed by atoms with Crippen molar-refractivity contribution in [3.8, 4) is 0 Å². The smallest absolute Gasteiger partial charge is 0.00194 e. The van der Waals surface area contributed by atoms with E-state index in [4.69, 9.17) is 0 Å². The van der Waals surface area contributed by atoms with E-state index in [2.05, 4.69) is 24.2 Å². The summed E-state index contributed by atoms with van der Waals surface area (Å²) < 4.78 is 0. The predicted octanol–water partition coefficient (Wildman–Crippen LogP) is 1.57. The average Bonchev–Trinajstić information content (AvgIpc) is 2.63. The second kappa shape index (κ2) is 4.63. The van der Waals surface area contributed by atoms with E-state index in [1.807, 2.05) is 0 Å². The van der Waals surface area contributed by atoms with E-state index in [1.54, 1.807) is 0 Å². The van der Waals surface area contributed by atoms with E-state index in [1.165, 1.54) is 38.9 Å². The highest BCUT2D eigenvalue weighted by atomic mass is 15.2. The van der Waals surface area contributed by atoms with E-state index >= 15 is 0 Å². The van der Waals surface area contributed by atoms with Crippen LogP contribution in [0.25, 0.3) is 0 Å². The van der Waals surface area contributed by atoms with Gasteiger partial charge in [0, 0.05) is 19.6 Å². The van der Waals surface area contributed by atoms with Crippen molar-refractivity contribution in [2.75, 3.05) is 33.2 Å². The Balaban J connectivity index is 1.73. The molecule has 0 aromatic heterocycles. The molecule has 2 aliphatic rings. The molecule has 2 nitrogen and oxygen atoms in total. The van der Waals surface area contributed by atoms with Crippen LogP contribution in [0.3, 0.4) is 0 Å². The fourth-order valence-corrected chi connectivity index (χ4v) is 3.34. The zero-order valence-electron chi connectivity index (χ0n) is 9.63. The van der Waals surface area contributed by atoms with Crippen molar-refractivity contribution >= 4 is 0 Å². The van der Waals surface area contributed by atoms with Gasteiger partial charge in [-0.15, -0.1) is 0 Å². The van der Waals surface area contributed by atoms with Gasteiger partial charge in [-0.05, 0) is 44.2 Å². The molecule has 2 fully saturated rings. The van der Waals surface area contributed by atoms with Crippen LogP contribution < -0.4 is 5.32 Å². The fourth-order valence-electron chi connectivity index (χ4n) is 3.34. The molecule has 1 saturated carbocycles. The number of nitrogens with one attached hydrogen (secondary N) is 1. The SMILES string of the molecule is CNCC(C)CN1CC2CCCC2C1. The number of nitrogens with zero attached hydrogens (tertiary/aromatic N) is 1. The van der Waals surface area contributed by atoms with Crippen molar-refractivity contribution in [1.82, 2.24) is 10.2 Å². The van der Waals surface area contributed by atoms with E-state index < -0.39 is 0 Å². The van der Waals surface area contributed by atoms with Crippen LogP contribution in [0.5, 0.6) is 0 Å². The van der Waals surface area contributed by atoms with Crippen molar-refractivity contribution in [3.05, 3.63) is 0 Å². The minimum absolute atomic E-state index is 0.804. The normalized spacial score (nSPS) is 34.7. The highest BCUT2D eigenvalue weighted by Gasteiger charge is 2.35. The Kier molecular flexibility index (Phi) is 3.45. The Morgan fingerprint density at radius 3 is 2.50 bits per heavy atom. The Morgan fingerprint density at radius 2 is 1.93 bits per heavy atom. The number of fused-ring (bicyclic) bond motifs is 1. The van der Waals surface area contributed by atoms with Gasteiger partial charge >= 0.3 is 0 Å². The van der Waals surface area contributed by atoms with Crippen LogP contribution in [0.1, 0.15) is 26.2 Å². The molecule has 2 heteroatoms. The lowest BCUT2D eigenvalue weighted by molar-refractivity contribution is 0.266. The molecular weight excluding hydrogens is 172 g/mol. The third-order valence-electron chi connectivity index (χ3n) is 3.92. The second-order valence-corrected chi connectivity index (χ2v) is 5.33. The molecule has 3 atom stereocenters. The minimum atomic E-state index is 0.804.